The van der Waals surface area contributed by atoms with Crippen molar-refractivity contribution < 1.29 is 5.21 Å². The first-order chi connectivity index (χ1) is 5.22. The molecule has 0 aromatic rings. The van der Waals surface area contributed by atoms with Crippen LogP contribution < -0.4 is 16.0 Å². The zero-order chi connectivity index (χ0) is 8.27. The predicted octanol–water partition coefficient (Wildman–Crippen LogP) is -0.753. The number of oxime groups is 1. The van der Waals surface area contributed by atoms with E-state index in [-0.39, 0.29) is 18.5 Å². The van der Waals surface area contributed by atoms with Crippen molar-refractivity contribution in [2.75, 3.05) is 0 Å². The maximum Gasteiger partial charge on any atom is 0.0997 e. The van der Waals surface area contributed by atoms with Crippen LogP contribution in [0.3, 0.4) is 0 Å². The van der Waals surface area contributed by atoms with E-state index in [1.807, 2.05) is 13.8 Å². The van der Waals surface area contributed by atoms with Crippen LogP contribution in [-0.2, 0) is 0 Å². The van der Waals surface area contributed by atoms with Crippen LogP contribution in [0.4, 0.5) is 0 Å². The van der Waals surface area contributed by atoms with E-state index in [1.54, 1.807) is 0 Å². The normalized spacial score (nSPS) is 39.6. The molecule has 2 unspecified atom stereocenters. The van der Waals surface area contributed by atoms with Crippen molar-refractivity contribution in [2.45, 2.75) is 32.3 Å². The van der Waals surface area contributed by atoms with Gasteiger partial charge < -0.3 is 5.21 Å². The molecular formula is C6H14N4O. The summed E-state index contributed by atoms with van der Waals surface area (Å²) in [5.74, 6) is 0. The van der Waals surface area contributed by atoms with Crippen molar-refractivity contribution in [3.8, 4) is 0 Å². The van der Waals surface area contributed by atoms with Gasteiger partial charge in [-0.05, 0) is 13.8 Å². The predicted molar refractivity (Wildman–Crippen MR) is 42.4 cm³/mol. The van der Waals surface area contributed by atoms with Gasteiger partial charge in [0.2, 0.25) is 0 Å². The van der Waals surface area contributed by atoms with E-state index >= 15 is 0 Å². The summed E-state index contributed by atoms with van der Waals surface area (Å²) >= 11 is 0. The van der Waals surface area contributed by atoms with E-state index in [4.69, 9.17) is 5.21 Å². The van der Waals surface area contributed by atoms with E-state index in [0.29, 0.717) is 0 Å². The lowest BCUT2D eigenvalue weighted by Gasteiger charge is -2.33. The van der Waals surface area contributed by atoms with Crippen LogP contribution in [0.15, 0.2) is 5.16 Å². The van der Waals surface area contributed by atoms with Crippen LogP contribution in [0.2, 0.25) is 0 Å². The molecule has 0 aromatic carbocycles. The van der Waals surface area contributed by atoms with Crippen LogP contribution in [-0.4, -0.2) is 29.9 Å². The molecule has 2 atom stereocenters. The monoisotopic (exact) mass is 158 g/mol. The van der Waals surface area contributed by atoms with Crippen molar-refractivity contribution in [3.05, 3.63) is 0 Å². The molecule has 1 fully saturated rings. The van der Waals surface area contributed by atoms with Crippen LogP contribution in [0, 0.1) is 0 Å². The lowest BCUT2D eigenvalue weighted by molar-refractivity contribution is 0.255. The Balaban J connectivity index is 2.42. The second-order valence-corrected chi connectivity index (χ2v) is 2.69. The standard InChI is InChI=1S/C6H14N4O/c1-4-8-5(2)10-6(9-4)3-7-11/h3-6,8-11H,1-2H3/b7-3+. The minimum atomic E-state index is -0.0498. The van der Waals surface area contributed by atoms with Gasteiger partial charge in [0.15, 0.2) is 0 Å². The molecule has 11 heavy (non-hydrogen) atoms. The highest BCUT2D eigenvalue weighted by molar-refractivity contribution is 5.63. The molecule has 1 heterocycles. The van der Waals surface area contributed by atoms with Crippen LogP contribution >= 0.6 is 0 Å². The number of nitrogens with zero attached hydrogens (tertiary/aromatic N) is 1. The van der Waals surface area contributed by atoms with Gasteiger partial charge in [-0.3, -0.25) is 16.0 Å². The first kappa shape index (κ1) is 8.45. The fourth-order valence-corrected chi connectivity index (χ4v) is 1.21. The van der Waals surface area contributed by atoms with Crippen molar-refractivity contribution in [1.29, 1.82) is 0 Å². The maximum atomic E-state index is 8.26. The molecule has 64 valence electrons. The number of hydrogen-bond donors (Lipinski definition) is 4. The van der Waals surface area contributed by atoms with Crippen molar-refractivity contribution in [1.82, 2.24) is 16.0 Å². The highest BCUT2D eigenvalue weighted by Gasteiger charge is 2.19. The number of hydrogen-bond acceptors (Lipinski definition) is 5. The third kappa shape index (κ3) is 2.45. The van der Waals surface area contributed by atoms with Gasteiger partial charge in [-0.25, -0.2) is 0 Å². The fraction of sp³-hybridized carbons (Fsp3) is 0.833. The Labute approximate surface area is 65.9 Å². The molecule has 1 rings (SSSR count). The van der Waals surface area contributed by atoms with Gasteiger partial charge in [0.25, 0.3) is 0 Å². The van der Waals surface area contributed by atoms with Gasteiger partial charge in [0.05, 0.1) is 24.7 Å². The Morgan fingerprint density at radius 3 is 2.18 bits per heavy atom. The summed E-state index contributed by atoms with van der Waals surface area (Å²) in [7, 11) is 0. The van der Waals surface area contributed by atoms with Gasteiger partial charge in [-0.2, -0.15) is 0 Å². The van der Waals surface area contributed by atoms with Gasteiger partial charge in [-0.1, -0.05) is 5.16 Å². The van der Waals surface area contributed by atoms with Gasteiger partial charge >= 0.3 is 0 Å². The summed E-state index contributed by atoms with van der Waals surface area (Å²) < 4.78 is 0. The Kier molecular flexibility index (Phi) is 2.81. The average molecular weight is 158 g/mol. The molecule has 0 aromatic heterocycles. The lowest BCUT2D eigenvalue weighted by atomic mass is 10.3. The van der Waals surface area contributed by atoms with Gasteiger partial charge in [0, 0.05) is 0 Å². The molecule has 5 nitrogen and oxygen atoms in total. The molecule has 0 saturated carbocycles. The first-order valence-electron chi connectivity index (χ1n) is 3.68. The summed E-state index contributed by atoms with van der Waals surface area (Å²) in [6, 6.07) is 0. The van der Waals surface area contributed by atoms with Crippen LogP contribution in [0.5, 0.6) is 0 Å². The van der Waals surface area contributed by atoms with E-state index in [0.717, 1.165) is 0 Å². The lowest BCUT2D eigenvalue weighted by Crippen LogP contribution is -2.65. The van der Waals surface area contributed by atoms with Crippen LogP contribution in [0.25, 0.3) is 0 Å². The van der Waals surface area contributed by atoms with E-state index in [1.165, 1.54) is 6.21 Å². The second kappa shape index (κ2) is 3.66. The third-order valence-corrected chi connectivity index (χ3v) is 1.57. The van der Waals surface area contributed by atoms with Crippen molar-refractivity contribution in [2.24, 2.45) is 5.16 Å². The van der Waals surface area contributed by atoms with Crippen LogP contribution in [0.1, 0.15) is 13.8 Å². The zero-order valence-corrected chi connectivity index (χ0v) is 6.70. The summed E-state index contributed by atoms with van der Waals surface area (Å²) in [4.78, 5) is 0. The van der Waals surface area contributed by atoms with Gasteiger partial charge in [-0.15, -0.1) is 0 Å². The number of rotatable bonds is 1. The summed E-state index contributed by atoms with van der Waals surface area (Å²) in [5, 5.41) is 20.6. The van der Waals surface area contributed by atoms with Crippen molar-refractivity contribution in [3.63, 3.8) is 0 Å². The topological polar surface area (TPSA) is 68.7 Å². The van der Waals surface area contributed by atoms with E-state index in [2.05, 4.69) is 21.1 Å². The smallest absolute Gasteiger partial charge is 0.0997 e. The highest BCUT2D eigenvalue weighted by atomic mass is 16.4. The Morgan fingerprint density at radius 2 is 1.73 bits per heavy atom. The van der Waals surface area contributed by atoms with E-state index in [9.17, 15) is 0 Å². The van der Waals surface area contributed by atoms with Crippen molar-refractivity contribution >= 4 is 6.21 Å². The third-order valence-electron chi connectivity index (χ3n) is 1.57. The Morgan fingerprint density at radius 1 is 1.18 bits per heavy atom. The molecule has 0 radical (unpaired) electrons. The second-order valence-electron chi connectivity index (χ2n) is 2.69. The molecule has 0 aliphatic carbocycles. The zero-order valence-electron chi connectivity index (χ0n) is 6.70. The molecular weight excluding hydrogens is 144 g/mol. The summed E-state index contributed by atoms with van der Waals surface area (Å²) in [5.41, 5.74) is 0. The molecule has 1 aliphatic rings. The Hall–Kier alpha value is -0.650. The molecule has 5 heteroatoms. The highest BCUT2D eigenvalue weighted by Crippen LogP contribution is 1.90. The minimum absolute atomic E-state index is 0.0498. The maximum absolute atomic E-state index is 8.26. The summed E-state index contributed by atoms with van der Waals surface area (Å²) in [6.07, 6.45) is 1.84. The summed E-state index contributed by atoms with van der Waals surface area (Å²) in [6.45, 7) is 4.02. The molecule has 0 bridgehead atoms. The fourth-order valence-electron chi connectivity index (χ4n) is 1.21. The first-order valence-corrected chi connectivity index (χ1v) is 3.68. The molecule has 0 amide bonds. The average Bonchev–Trinajstić information content (AvgIpc) is 1.85. The molecule has 1 saturated heterocycles. The minimum Gasteiger partial charge on any atom is -0.411 e. The Bertz CT molecular complexity index is 140. The number of nitrogens with one attached hydrogen (secondary N) is 3. The quantitative estimate of drug-likeness (QED) is 0.230. The van der Waals surface area contributed by atoms with E-state index < -0.39 is 0 Å². The SMILES string of the molecule is CC1NC(C)NC(/C=N/O)N1. The largest absolute Gasteiger partial charge is 0.411 e. The molecule has 1 aliphatic heterocycles. The molecule has 4 N–H and O–H groups in total. The van der Waals surface area contributed by atoms with Gasteiger partial charge in [0.1, 0.15) is 0 Å². The molecule has 0 spiro atoms.